The number of sulfone groups is 1. The Labute approximate surface area is 168 Å². The number of nitrogens with one attached hydrogen (secondary N) is 1. The molecule has 148 valence electrons. The van der Waals surface area contributed by atoms with Crippen LogP contribution in [0, 0.1) is 0 Å². The minimum Gasteiger partial charge on any atom is -0.497 e. The van der Waals surface area contributed by atoms with Crippen molar-refractivity contribution in [2.45, 2.75) is 14.4 Å². The molecule has 1 aromatic carbocycles. The summed E-state index contributed by atoms with van der Waals surface area (Å²) < 4.78 is 59.0. The third-order valence-electron chi connectivity index (χ3n) is 4.03. The second-order valence-corrected chi connectivity index (χ2v) is 10.9. The quantitative estimate of drug-likeness (QED) is 0.580. The Morgan fingerprint density at radius 2 is 1.82 bits per heavy atom. The molecular formula is C18H18N2O5S3. The number of aromatic nitrogens is 1. The normalized spacial score (nSPS) is 13.2. The smallest absolute Gasteiger partial charge is 0.240 e. The van der Waals surface area contributed by atoms with E-state index in [0.717, 1.165) is 11.3 Å². The summed E-state index contributed by atoms with van der Waals surface area (Å²) in [5, 5.41) is 0.558. The van der Waals surface area contributed by atoms with Gasteiger partial charge in [0, 0.05) is 18.9 Å². The molecule has 0 spiro atoms. The third kappa shape index (κ3) is 4.41. The molecule has 0 fully saturated rings. The molecule has 1 N–H and O–H groups in total. The van der Waals surface area contributed by atoms with Crippen molar-refractivity contribution in [2.24, 2.45) is 0 Å². The van der Waals surface area contributed by atoms with E-state index in [1.54, 1.807) is 23.6 Å². The summed E-state index contributed by atoms with van der Waals surface area (Å²) in [7, 11) is -6.22. The molecule has 1 unspecified atom stereocenters. The second-order valence-electron chi connectivity index (χ2n) is 5.78. The molecule has 0 aliphatic rings. The summed E-state index contributed by atoms with van der Waals surface area (Å²) in [4.78, 5) is 3.99. The molecule has 10 heteroatoms. The van der Waals surface area contributed by atoms with Crippen LogP contribution in [0.3, 0.4) is 0 Å². The molecule has 7 nitrogen and oxygen atoms in total. The Bertz CT molecular complexity index is 1110. The predicted octanol–water partition coefficient (Wildman–Crippen LogP) is 2.65. The van der Waals surface area contributed by atoms with Crippen LogP contribution in [0.1, 0.15) is 10.8 Å². The van der Waals surface area contributed by atoms with Gasteiger partial charge in [-0.15, -0.1) is 11.3 Å². The van der Waals surface area contributed by atoms with Gasteiger partial charge in [0.2, 0.25) is 10.0 Å². The van der Waals surface area contributed by atoms with Crippen molar-refractivity contribution >= 4 is 31.2 Å². The summed E-state index contributed by atoms with van der Waals surface area (Å²) in [5.41, 5.74) is 0.410. The minimum absolute atomic E-state index is 0.0201. The minimum atomic E-state index is -3.90. The average molecular weight is 439 g/mol. The van der Waals surface area contributed by atoms with E-state index in [0.29, 0.717) is 11.3 Å². The fourth-order valence-electron chi connectivity index (χ4n) is 2.56. The Hall–Kier alpha value is -2.27. The summed E-state index contributed by atoms with van der Waals surface area (Å²) in [6.45, 7) is -0.319. The number of benzene rings is 1. The lowest BCUT2D eigenvalue weighted by atomic mass is 10.2. The van der Waals surface area contributed by atoms with Crippen molar-refractivity contribution in [1.29, 1.82) is 0 Å². The number of hydrogen-bond acceptors (Lipinski definition) is 7. The highest BCUT2D eigenvalue weighted by Crippen LogP contribution is 2.31. The second kappa shape index (κ2) is 8.39. The first-order valence-corrected chi connectivity index (χ1v) is 12.1. The lowest BCUT2D eigenvalue weighted by Gasteiger charge is -2.18. The van der Waals surface area contributed by atoms with E-state index in [1.165, 1.54) is 49.8 Å². The van der Waals surface area contributed by atoms with Gasteiger partial charge < -0.3 is 4.74 Å². The molecule has 0 aliphatic carbocycles. The van der Waals surface area contributed by atoms with Gasteiger partial charge in [0.25, 0.3) is 0 Å². The van der Waals surface area contributed by atoms with Crippen LogP contribution in [0.5, 0.6) is 5.75 Å². The number of ether oxygens (including phenoxy) is 1. The standard InChI is InChI=1S/C18H18N2O5S3/c1-25-15-6-8-16(9-7-15)28(23,24)20-13-17(14-4-2-10-19-12-14)27(21,22)18-5-3-11-26-18/h2-12,17,20H,13H2,1H3. The van der Waals surface area contributed by atoms with Crippen LogP contribution >= 0.6 is 11.3 Å². The Kier molecular flexibility index (Phi) is 6.14. The monoisotopic (exact) mass is 438 g/mol. The molecule has 3 rings (SSSR count). The van der Waals surface area contributed by atoms with Gasteiger partial charge in [0.15, 0.2) is 9.84 Å². The number of sulfonamides is 1. The first-order valence-electron chi connectivity index (χ1n) is 8.15. The summed E-state index contributed by atoms with van der Waals surface area (Å²) >= 11 is 1.09. The van der Waals surface area contributed by atoms with Crippen molar-refractivity contribution in [3.8, 4) is 5.75 Å². The highest BCUT2D eigenvalue weighted by molar-refractivity contribution is 7.93. The molecule has 0 bridgehead atoms. The molecule has 28 heavy (non-hydrogen) atoms. The average Bonchev–Trinajstić information content (AvgIpc) is 3.24. The van der Waals surface area contributed by atoms with Crippen LogP contribution in [0.4, 0.5) is 0 Å². The first-order chi connectivity index (χ1) is 13.3. The molecule has 0 saturated heterocycles. The number of pyridine rings is 1. The molecule has 2 aromatic heterocycles. The predicted molar refractivity (Wildman–Crippen MR) is 107 cm³/mol. The highest BCUT2D eigenvalue weighted by atomic mass is 32.2. The number of rotatable bonds is 8. The fourth-order valence-corrected chi connectivity index (χ4v) is 6.56. The SMILES string of the molecule is COc1ccc(S(=O)(=O)NCC(c2cccnc2)S(=O)(=O)c2cccs2)cc1. The number of methoxy groups -OCH3 is 1. The maximum atomic E-state index is 13.1. The zero-order valence-electron chi connectivity index (χ0n) is 14.8. The van der Waals surface area contributed by atoms with Gasteiger partial charge in [-0.1, -0.05) is 12.1 Å². The van der Waals surface area contributed by atoms with Gasteiger partial charge in [-0.25, -0.2) is 21.6 Å². The molecule has 0 radical (unpaired) electrons. The van der Waals surface area contributed by atoms with Gasteiger partial charge in [0.1, 0.15) is 15.2 Å². The molecular weight excluding hydrogens is 420 g/mol. The first kappa shape index (κ1) is 20.5. The van der Waals surface area contributed by atoms with Gasteiger partial charge in [0.05, 0.1) is 12.0 Å². The lowest BCUT2D eigenvalue weighted by molar-refractivity contribution is 0.414. The van der Waals surface area contributed by atoms with Crippen molar-refractivity contribution in [3.05, 3.63) is 71.9 Å². The Morgan fingerprint density at radius 3 is 2.39 bits per heavy atom. The molecule has 3 aromatic rings. The van der Waals surface area contributed by atoms with Gasteiger partial charge in [-0.3, -0.25) is 4.98 Å². The molecule has 0 amide bonds. The van der Waals surface area contributed by atoms with Crippen molar-refractivity contribution in [1.82, 2.24) is 9.71 Å². The van der Waals surface area contributed by atoms with E-state index in [-0.39, 0.29) is 15.6 Å². The highest BCUT2D eigenvalue weighted by Gasteiger charge is 2.31. The summed E-state index contributed by atoms with van der Waals surface area (Å²) in [6.07, 6.45) is 2.96. The Morgan fingerprint density at radius 1 is 1.07 bits per heavy atom. The van der Waals surface area contributed by atoms with Crippen LogP contribution in [0.25, 0.3) is 0 Å². The van der Waals surface area contributed by atoms with E-state index < -0.39 is 25.1 Å². The van der Waals surface area contributed by atoms with E-state index in [9.17, 15) is 16.8 Å². The maximum absolute atomic E-state index is 13.1. The zero-order chi connectivity index (χ0) is 20.2. The number of nitrogens with zero attached hydrogens (tertiary/aromatic N) is 1. The van der Waals surface area contributed by atoms with Crippen molar-refractivity contribution in [3.63, 3.8) is 0 Å². The van der Waals surface area contributed by atoms with Crippen molar-refractivity contribution < 1.29 is 21.6 Å². The topological polar surface area (TPSA) is 102 Å². The van der Waals surface area contributed by atoms with E-state index in [1.807, 2.05) is 0 Å². The van der Waals surface area contributed by atoms with Gasteiger partial charge in [-0.2, -0.15) is 0 Å². The maximum Gasteiger partial charge on any atom is 0.240 e. The van der Waals surface area contributed by atoms with E-state index >= 15 is 0 Å². The lowest BCUT2D eigenvalue weighted by Crippen LogP contribution is -2.31. The molecule has 0 aliphatic heterocycles. The van der Waals surface area contributed by atoms with Gasteiger partial charge in [-0.05, 0) is 47.3 Å². The molecule has 1 atom stereocenters. The third-order valence-corrected chi connectivity index (χ3v) is 9.01. The largest absolute Gasteiger partial charge is 0.497 e. The fraction of sp³-hybridized carbons (Fsp3) is 0.167. The summed E-state index contributed by atoms with van der Waals surface area (Å²) in [6, 6.07) is 12.2. The van der Waals surface area contributed by atoms with E-state index in [4.69, 9.17) is 4.74 Å². The van der Waals surface area contributed by atoms with Crippen LogP contribution in [0.15, 0.2) is 75.4 Å². The molecule has 0 saturated carbocycles. The van der Waals surface area contributed by atoms with E-state index in [2.05, 4.69) is 9.71 Å². The Balaban J connectivity index is 1.90. The van der Waals surface area contributed by atoms with Crippen LogP contribution in [0.2, 0.25) is 0 Å². The molecule has 2 heterocycles. The van der Waals surface area contributed by atoms with Crippen LogP contribution in [-0.2, 0) is 19.9 Å². The van der Waals surface area contributed by atoms with Crippen molar-refractivity contribution in [2.75, 3.05) is 13.7 Å². The van der Waals surface area contributed by atoms with Crippen LogP contribution in [-0.4, -0.2) is 35.5 Å². The number of thiophene rings is 1. The van der Waals surface area contributed by atoms with Gasteiger partial charge >= 0.3 is 0 Å². The van der Waals surface area contributed by atoms with Crippen LogP contribution < -0.4 is 9.46 Å². The zero-order valence-corrected chi connectivity index (χ0v) is 17.3. The summed E-state index contributed by atoms with van der Waals surface area (Å²) in [5.74, 6) is 0.521. The number of hydrogen-bond donors (Lipinski definition) is 1.